The van der Waals surface area contributed by atoms with Gasteiger partial charge in [0.15, 0.2) is 0 Å². The van der Waals surface area contributed by atoms with Gasteiger partial charge in [-0.05, 0) is 36.4 Å². The maximum Gasteiger partial charge on any atom is 0.335 e. The SMILES string of the molecule is O=C(O)c1cc(Cl)nc(Nc2cccc3ncccc23)c1. The summed E-state index contributed by atoms with van der Waals surface area (Å²) >= 11 is 5.85. The number of fused-ring (bicyclic) bond motifs is 1. The Morgan fingerprint density at radius 1 is 1.19 bits per heavy atom. The first kappa shape index (κ1) is 13.3. The number of rotatable bonds is 3. The maximum atomic E-state index is 11.0. The first-order chi connectivity index (χ1) is 10.1. The van der Waals surface area contributed by atoms with E-state index in [9.17, 15) is 4.79 Å². The van der Waals surface area contributed by atoms with Crippen molar-refractivity contribution in [3.8, 4) is 0 Å². The van der Waals surface area contributed by atoms with Gasteiger partial charge in [0, 0.05) is 17.3 Å². The predicted octanol–water partition coefficient (Wildman–Crippen LogP) is 3.73. The average Bonchev–Trinajstić information content (AvgIpc) is 2.47. The Morgan fingerprint density at radius 2 is 2.05 bits per heavy atom. The van der Waals surface area contributed by atoms with Crippen molar-refractivity contribution in [2.45, 2.75) is 0 Å². The van der Waals surface area contributed by atoms with Gasteiger partial charge in [0.05, 0.1) is 11.1 Å². The molecule has 0 atom stereocenters. The van der Waals surface area contributed by atoms with Gasteiger partial charge in [0.2, 0.25) is 0 Å². The number of carbonyl (C=O) groups is 1. The number of hydrogen-bond donors (Lipinski definition) is 2. The van der Waals surface area contributed by atoms with Crippen LogP contribution in [-0.4, -0.2) is 21.0 Å². The Balaban J connectivity index is 2.05. The number of halogens is 1. The number of aromatic nitrogens is 2. The summed E-state index contributed by atoms with van der Waals surface area (Å²) in [7, 11) is 0. The highest BCUT2D eigenvalue weighted by Crippen LogP contribution is 2.25. The summed E-state index contributed by atoms with van der Waals surface area (Å²) in [6, 6.07) is 12.1. The zero-order chi connectivity index (χ0) is 14.8. The lowest BCUT2D eigenvalue weighted by Crippen LogP contribution is -2.01. The Kier molecular flexibility index (Phi) is 3.41. The number of anilines is 2. The molecule has 0 aliphatic heterocycles. The van der Waals surface area contributed by atoms with Gasteiger partial charge in [-0.3, -0.25) is 4.98 Å². The first-order valence-corrected chi connectivity index (χ1v) is 6.53. The molecular formula is C15H10ClN3O2. The third-order valence-corrected chi connectivity index (χ3v) is 3.14. The molecule has 3 rings (SSSR count). The fraction of sp³-hybridized carbons (Fsp3) is 0. The van der Waals surface area contributed by atoms with E-state index < -0.39 is 5.97 Å². The van der Waals surface area contributed by atoms with Crippen LogP contribution < -0.4 is 5.32 Å². The van der Waals surface area contributed by atoms with Crippen molar-refractivity contribution in [2.24, 2.45) is 0 Å². The molecule has 21 heavy (non-hydrogen) atoms. The summed E-state index contributed by atoms with van der Waals surface area (Å²) in [6.45, 7) is 0. The summed E-state index contributed by atoms with van der Waals surface area (Å²) in [4.78, 5) is 19.4. The van der Waals surface area contributed by atoms with E-state index in [2.05, 4.69) is 15.3 Å². The van der Waals surface area contributed by atoms with Crippen LogP contribution in [0.5, 0.6) is 0 Å². The van der Waals surface area contributed by atoms with Crippen molar-refractivity contribution < 1.29 is 9.90 Å². The van der Waals surface area contributed by atoms with Gasteiger partial charge in [-0.1, -0.05) is 17.7 Å². The summed E-state index contributed by atoms with van der Waals surface area (Å²) in [5, 5.41) is 13.2. The third kappa shape index (κ3) is 2.78. The van der Waals surface area contributed by atoms with Crippen LogP contribution in [0.15, 0.2) is 48.7 Å². The molecule has 0 amide bonds. The molecule has 1 aromatic carbocycles. The van der Waals surface area contributed by atoms with Crippen molar-refractivity contribution in [3.63, 3.8) is 0 Å². The quantitative estimate of drug-likeness (QED) is 0.721. The summed E-state index contributed by atoms with van der Waals surface area (Å²) in [6.07, 6.45) is 1.71. The fourth-order valence-corrected chi connectivity index (χ4v) is 2.24. The number of carboxylic acids is 1. The zero-order valence-electron chi connectivity index (χ0n) is 10.7. The van der Waals surface area contributed by atoms with E-state index in [1.807, 2.05) is 30.3 Å². The number of aromatic carboxylic acids is 1. The Labute approximate surface area is 125 Å². The monoisotopic (exact) mass is 299 g/mol. The number of benzene rings is 1. The van der Waals surface area contributed by atoms with Gasteiger partial charge in [-0.15, -0.1) is 0 Å². The van der Waals surface area contributed by atoms with Crippen LogP contribution >= 0.6 is 11.6 Å². The van der Waals surface area contributed by atoms with E-state index >= 15 is 0 Å². The third-order valence-electron chi connectivity index (χ3n) is 2.95. The molecule has 2 aromatic heterocycles. The highest BCUT2D eigenvalue weighted by Gasteiger charge is 2.09. The maximum absolute atomic E-state index is 11.0. The number of carboxylic acid groups (broad SMARTS) is 1. The predicted molar refractivity (Wildman–Crippen MR) is 81.2 cm³/mol. The Morgan fingerprint density at radius 3 is 2.86 bits per heavy atom. The molecule has 0 bridgehead atoms. The Bertz CT molecular complexity index is 831. The van der Waals surface area contributed by atoms with E-state index in [-0.39, 0.29) is 10.7 Å². The van der Waals surface area contributed by atoms with Gasteiger partial charge >= 0.3 is 5.97 Å². The van der Waals surface area contributed by atoms with Gasteiger partial charge in [0.25, 0.3) is 0 Å². The topological polar surface area (TPSA) is 75.1 Å². The van der Waals surface area contributed by atoms with E-state index in [1.54, 1.807) is 6.20 Å². The van der Waals surface area contributed by atoms with E-state index in [1.165, 1.54) is 12.1 Å². The molecule has 0 radical (unpaired) electrons. The smallest absolute Gasteiger partial charge is 0.335 e. The van der Waals surface area contributed by atoms with Crippen LogP contribution in [0.4, 0.5) is 11.5 Å². The van der Waals surface area contributed by atoms with Crippen molar-refractivity contribution in [3.05, 3.63) is 59.4 Å². The molecule has 6 heteroatoms. The molecule has 0 saturated carbocycles. The standard InChI is InChI=1S/C15H10ClN3O2/c16-13-7-9(15(20)21)8-14(19-13)18-12-5-1-4-11-10(12)3-2-6-17-11/h1-8H,(H,18,19)(H,20,21). The summed E-state index contributed by atoms with van der Waals surface area (Å²) in [5.41, 5.74) is 1.70. The Hall–Kier alpha value is -2.66. The second-order valence-corrected chi connectivity index (χ2v) is 4.76. The molecule has 2 N–H and O–H groups in total. The highest BCUT2D eigenvalue weighted by atomic mass is 35.5. The fourth-order valence-electron chi connectivity index (χ4n) is 2.03. The van der Waals surface area contributed by atoms with Gasteiger partial charge < -0.3 is 10.4 Å². The summed E-state index contributed by atoms with van der Waals surface area (Å²) < 4.78 is 0. The van der Waals surface area contributed by atoms with E-state index in [0.29, 0.717) is 5.82 Å². The minimum absolute atomic E-state index is 0.0795. The minimum atomic E-state index is -1.05. The van der Waals surface area contributed by atoms with Crippen molar-refractivity contribution >= 4 is 40.0 Å². The lowest BCUT2D eigenvalue weighted by molar-refractivity contribution is 0.0697. The van der Waals surface area contributed by atoms with E-state index in [0.717, 1.165) is 16.6 Å². The second kappa shape index (κ2) is 5.38. The lowest BCUT2D eigenvalue weighted by Gasteiger charge is -2.09. The molecule has 0 spiro atoms. The van der Waals surface area contributed by atoms with Crippen LogP contribution in [0.3, 0.4) is 0 Å². The number of nitrogens with one attached hydrogen (secondary N) is 1. The van der Waals surface area contributed by atoms with Crippen LogP contribution in [0, 0.1) is 0 Å². The second-order valence-electron chi connectivity index (χ2n) is 4.37. The van der Waals surface area contributed by atoms with Gasteiger partial charge in [0.1, 0.15) is 11.0 Å². The molecule has 0 saturated heterocycles. The molecule has 5 nitrogen and oxygen atoms in total. The molecule has 0 aliphatic rings. The molecule has 0 fully saturated rings. The lowest BCUT2D eigenvalue weighted by atomic mass is 10.2. The molecule has 0 aliphatic carbocycles. The summed E-state index contributed by atoms with van der Waals surface area (Å²) in [5.74, 6) is -0.682. The molecule has 0 unspecified atom stereocenters. The highest BCUT2D eigenvalue weighted by molar-refractivity contribution is 6.29. The largest absolute Gasteiger partial charge is 0.478 e. The molecule has 2 heterocycles. The minimum Gasteiger partial charge on any atom is -0.478 e. The van der Waals surface area contributed by atoms with Gasteiger partial charge in [-0.2, -0.15) is 0 Å². The van der Waals surface area contributed by atoms with Crippen LogP contribution in [0.1, 0.15) is 10.4 Å². The van der Waals surface area contributed by atoms with Crippen LogP contribution in [0.2, 0.25) is 5.15 Å². The average molecular weight is 300 g/mol. The zero-order valence-corrected chi connectivity index (χ0v) is 11.5. The van der Waals surface area contributed by atoms with Crippen LogP contribution in [-0.2, 0) is 0 Å². The molecule has 104 valence electrons. The number of pyridine rings is 2. The number of hydrogen-bond acceptors (Lipinski definition) is 4. The van der Waals surface area contributed by atoms with Crippen molar-refractivity contribution in [1.82, 2.24) is 9.97 Å². The number of nitrogens with zero attached hydrogens (tertiary/aromatic N) is 2. The van der Waals surface area contributed by atoms with E-state index in [4.69, 9.17) is 16.7 Å². The van der Waals surface area contributed by atoms with Crippen LogP contribution in [0.25, 0.3) is 10.9 Å². The molecular weight excluding hydrogens is 290 g/mol. The van der Waals surface area contributed by atoms with Crippen molar-refractivity contribution in [1.29, 1.82) is 0 Å². The first-order valence-electron chi connectivity index (χ1n) is 6.15. The normalized spacial score (nSPS) is 10.5. The van der Waals surface area contributed by atoms with Gasteiger partial charge in [-0.25, -0.2) is 9.78 Å². The van der Waals surface area contributed by atoms with Crippen molar-refractivity contribution in [2.75, 3.05) is 5.32 Å². The molecule has 3 aromatic rings.